The zero-order valence-corrected chi connectivity index (χ0v) is 11.1. The van der Waals surface area contributed by atoms with Gasteiger partial charge in [-0.1, -0.05) is 20.8 Å². The number of benzene rings is 1. The summed E-state index contributed by atoms with van der Waals surface area (Å²) in [5.74, 6) is -0.478. The minimum Gasteiger partial charge on any atom is -0.325 e. The summed E-state index contributed by atoms with van der Waals surface area (Å²) in [4.78, 5) is 21.7. The highest BCUT2D eigenvalue weighted by Gasteiger charge is 2.21. The average molecular weight is 261 g/mol. The standard InChI is InChI=1S/C13H15N3O3/c1-13(2,3)10-5-4-9(16(18)19)8-11(10)15-12(17)6-7-14/h4-5,8H,6H2,1-3H3,(H,15,17). The van der Waals surface area contributed by atoms with Crippen LogP contribution >= 0.6 is 0 Å². The summed E-state index contributed by atoms with van der Waals surface area (Å²) >= 11 is 0. The van der Waals surface area contributed by atoms with E-state index >= 15 is 0 Å². The summed E-state index contributed by atoms with van der Waals surface area (Å²) in [6.07, 6.45) is -0.285. The smallest absolute Gasteiger partial charge is 0.271 e. The number of carbonyl (C=O) groups excluding carboxylic acids is 1. The lowest BCUT2D eigenvalue weighted by molar-refractivity contribution is -0.384. The van der Waals surface area contributed by atoms with Crippen molar-refractivity contribution in [3.05, 3.63) is 33.9 Å². The predicted octanol–water partition coefficient (Wildman–Crippen LogP) is 2.74. The van der Waals surface area contributed by atoms with Gasteiger partial charge in [-0.05, 0) is 17.0 Å². The lowest BCUT2D eigenvalue weighted by atomic mass is 9.85. The number of hydrogen-bond acceptors (Lipinski definition) is 4. The molecule has 100 valence electrons. The minimum absolute atomic E-state index is 0.0970. The quantitative estimate of drug-likeness (QED) is 0.668. The van der Waals surface area contributed by atoms with Gasteiger partial charge >= 0.3 is 0 Å². The number of nitrogens with one attached hydrogen (secondary N) is 1. The Labute approximate surface area is 111 Å². The molecule has 1 aromatic carbocycles. The van der Waals surface area contributed by atoms with E-state index in [1.807, 2.05) is 20.8 Å². The average Bonchev–Trinajstić information content (AvgIpc) is 2.27. The van der Waals surface area contributed by atoms with Crippen LogP contribution in [-0.4, -0.2) is 10.8 Å². The molecule has 0 saturated heterocycles. The van der Waals surface area contributed by atoms with E-state index in [1.54, 1.807) is 12.1 Å². The zero-order chi connectivity index (χ0) is 14.6. The summed E-state index contributed by atoms with van der Waals surface area (Å²) in [6, 6.07) is 6.08. The summed E-state index contributed by atoms with van der Waals surface area (Å²) < 4.78 is 0. The van der Waals surface area contributed by atoms with Gasteiger partial charge in [0, 0.05) is 12.1 Å². The monoisotopic (exact) mass is 261 g/mol. The molecular weight excluding hydrogens is 246 g/mol. The van der Waals surface area contributed by atoms with E-state index in [4.69, 9.17) is 5.26 Å². The molecule has 0 aliphatic rings. The van der Waals surface area contributed by atoms with Gasteiger partial charge in [0.05, 0.1) is 16.7 Å². The maximum Gasteiger partial charge on any atom is 0.271 e. The van der Waals surface area contributed by atoms with Crippen LogP contribution < -0.4 is 5.32 Å². The van der Waals surface area contributed by atoms with Gasteiger partial charge in [-0.25, -0.2) is 0 Å². The first-order valence-electron chi connectivity index (χ1n) is 5.71. The fraction of sp³-hybridized carbons (Fsp3) is 0.385. The molecule has 0 atom stereocenters. The molecule has 1 N–H and O–H groups in total. The molecule has 6 nitrogen and oxygen atoms in total. The number of hydrogen-bond donors (Lipinski definition) is 1. The molecule has 0 fully saturated rings. The molecule has 0 aliphatic carbocycles. The van der Waals surface area contributed by atoms with Crippen molar-refractivity contribution in [1.82, 2.24) is 0 Å². The summed E-state index contributed by atoms with van der Waals surface area (Å²) in [7, 11) is 0. The van der Waals surface area contributed by atoms with Crippen molar-refractivity contribution in [3.63, 3.8) is 0 Å². The molecule has 0 unspecified atom stereocenters. The highest BCUT2D eigenvalue weighted by molar-refractivity contribution is 5.93. The second kappa shape index (κ2) is 5.48. The van der Waals surface area contributed by atoms with Gasteiger partial charge in [-0.2, -0.15) is 5.26 Å². The summed E-state index contributed by atoms with van der Waals surface area (Å²) in [6.45, 7) is 5.82. The van der Waals surface area contributed by atoms with Gasteiger partial charge < -0.3 is 5.32 Å². The van der Waals surface area contributed by atoms with Crippen LogP contribution in [0.15, 0.2) is 18.2 Å². The molecule has 1 aromatic rings. The molecular formula is C13H15N3O3. The third-order valence-electron chi connectivity index (χ3n) is 2.54. The van der Waals surface area contributed by atoms with E-state index in [9.17, 15) is 14.9 Å². The summed E-state index contributed by atoms with van der Waals surface area (Å²) in [5, 5.41) is 21.8. The summed E-state index contributed by atoms with van der Waals surface area (Å²) in [5.41, 5.74) is 0.788. The molecule has 0 aromatic heterocycles. The lowest BCUT2D eigenvalue weighted by Crippen LogP contribution is -2.18. The maximum absolute atomic E-state index is 11.5. The first-order valence-corrected chi connectivity index (χ1v) is 5.71. The number of nitriles is 1. The number of non-ortho nitro benzene ring substituents is 1. The second-order valence-electron chi connectivity index (χ2n) is 5.12. The van der Waals surface area contributed by atoms with Gasteiger partial charge in [-0.15, -0.1) is 0 Å². The maximum atomic E-state index is 11.5. The van der Waals surface area contributed by atoms with E-state index in [-0.39, 0.29) is 17.5 Å². The Kier molecular flexibility index (Phi) is 4.22. The largest absolute Gasteiger partial charge is 0.325 e. The Bertz CT molecular complexity index is 553. The lowest BCUT2D eigenvalue weighted by Gasteiger charge is -2.22. The van der Waals surface area contributed by atoms with Crippen LogP contribution in [0, 0.1) is 21.4 Å². The van der Waals surface area contributed by atoms with Gasteiger partial charge in [0.25, 0.3) is 5.69 Å². The Balaban J connectivity index is 3.23. The zero-order valence-electron chi connectivity index (χ0n) is 11.1. The number of nitrogens with zero attached hydrogens (tertiary/aromatic N) is 2. The van der Waals surface area contributed by atoms with Gasteiger partial charge in [0.15, 0.2) is 0 Å². The van der Waals surface area contributed by atoms with Gasteiger partial charge in [0.1, 0.15) is 6.42 Å². The molecule has 1 amide bonds. The third kappa shape index (κ3) is 3.78. The normalized spacial score (nSPS) is 10.6. The predicted molar refractivity (Wildman–Crippen MR) is 70.7 cm³/mol. The molecule has 1 rings (SSSR count). The topological polar surface area (TPSA) is 96.0 Å². The Morgan fingerprint density at radius 1 is 1.47 bits per heavy atom. The first-order chi connectivity index (χ1) is 8.75. The highest BCUT2D eigenvalue weighted by atomic mass is 16.6. The van der Waals surface area contributed by atoms with Crippen LogP contribution in [-0.2, 0) is 10.2 Å². The molecule has 0 aliphatic heterocycles. The number of anilines is 1. The van der Waals surface area contributed by atoms with E-state index in [2.05, 4.69) is 5.32 Å². The van der Waals surface area contributed by atoms with Crippen molar-refractivity contribution in [3.8, 4) is 6.07 Å². The van der Waals surface area contributed by atoms with Crippen LogP contribution in [0.5, 0.6) is 0 Å². The molecule has 0 bridgehead atoms. The molecule has 6 heteroatoms. The van der Waals surface area contributed by atoms with Crippen molar-refractivity contribution in [2.45, 2.75) is 32.6 Å². The van der Waals surface area contributed by atoms with Gasteiger partial charge in [-0.3, -0.25) is 14.9 Å². The van der Waals surface area contributed by atoms with E-state index < -0.39 is 10.8 Å². The van der Waals surface area contributed by atoms with Crippen molar-refractivity contribution < 1.29 is 9.72 Å². The Morgan fingerprint density at radius 2 is 2.11 bits per heavy atom. The number of carbonyl (C=O) groups is 1. The number of nitro benzene ring substituents is 1. The Morgan fingerprint density at radius 3 is 2.58 bits per heavy atom. The van der Waals surface area contributed by atoms with Crippen molar-refractivity contribution >= 4 is 17.3 Å². The number of amides is 1. The van der Waals surface area contributed by atoms with E-state index in [0.29, 0.717) is 5.69 Å². The van der Waals surface area contributed by atoms with Crippen LogP contribution in [0.25, 0.3) is 0 Å². The molecule has 0 heterocycles. The van der Waals surface area contributed by atoms with Crippen LogP contribution in [0.4, 0.5) is 11.4 Å². The van der Waals surface area contributed by atoms with Crippen LogP contribution in [0.3, 0.4) is 0 Å². The van der Waals surface area contributed by atoms with Crippen LogP contribution in [0.1, 0.15) is 32.8 Å². The molecule has 0 radical (unpaired) electrons. The second-order valence-corrected chi connectivity index (χ2v) is 5.12. The molecule has 0 spiro atoms. The van der Waals surface area contributed by atoms with E-state index in [0.717, 1.165) is 5.56 Å². The minimum atomic E-state index is -0.521. The fourth-order valence-corrected chi connectivity index (χ4v) is 1.67. The molecule has 19 heavy (non-hydrogen) atoms. The number of rotatable bonds is 3. The van der Waals surface area contributed by atoms with Crippen LogP contribution in [0.2, 0.25) is 0 Å². The Hall–Kier alpha value is -2.42. The fourth-order valence-electron chi connectivity index (χ4n) is 1.67. The van der Waals surface area contributed by atoms with Crippen molar-refractivity contribution in [2.75, 3.05) is 5.32 Å². The molecule has 0 saturated carbocycles. The third-order valence-corrected chi connectivity index (χ3v) is 2.54. The van der Waals surface area contributed by atoms with Gasteiger partial charge in [0.2, 0.25) is 5.91 Å². The van der Waals surface area contributed by atoms with Crippen molar-refractivity contribution in [1.29, 1.82) is 5.26 Å². The van der Waals surface area contributed by atoms with Crippen molar-refractivity contribution in [2.24, 2.45) is 0 Å². The highest BCUT2D eigenvalue weighted by Crippen LogP contribution is 2.32. The SMILES string of the molecule is CC(C)(C)c1ccc([N+](=O)[O-])cc1NC(=O)CC#N. The van der Waals surface area contributed by atoms with E-state index in [1.165, 1.54) is 12.1 Å². The number of nitro groups is 1. The first kappa shape index (κ1) is 14.6.